The maximum absolute atomic E-state index is 11.8. The van der Waals surface area contributed by atoms with Crippen molar-refractivity contribution in [3.63, 3.8) is 0 Å². The average molecular weight is 328 g/mol. The van der Waals surface area contributed by atoms with Crippen molar-refractivity contribution in [1.29, 1.82) is 0 Å². The zero-order chi connectivity index (χ0) is 16.7. The zero-order valence-electron chi connectivity index (χ0n) is 12.3. The van der Waals surface area contributed by atoms with Crippen LogP contribution in [0.25, 0.3) is 0 Å². The molecule has 3 amide bonds. The highest BCUT2D eigenvalue weighted by Gasteiger charge is 2.19. The zero-order valence-corrected chi connectivity index (χ0v) is 13.1. The number of amides is 3. The average Bonchev–Trinajstić information content (AvgIpc) is 2.44. The summed E-state index contributed by atoms with van der Waals surface area (Å²) in [7, 11) is 3.11. The molecule has 0 unspecified atom stereocenters. The molecule has 120 valence electrons. The van der Waals surface area contributed by atoms with Gasteiger partial charge in [0.25, 0.3) is 5.91 Å². The van der Waals surface area contributed by atoms with Crippen molar-refractivity contribution < 1.29 is 19.1 Å². The summed E-state index contributed by atoms with van der Waals surface area (Å²) in [5.41, 5.74) is 5.76. The van der Waals surface area contributed by atoms with Crippen molar-refractivity contribution in [3.8, 4) is 0 Å². The molecule has 0 bridgehead atoms. The maximum atomic E-state index is 11.8. The Labute approximate surface area is 133 Å². The molecule has 1 atom stereocenters. The number of carbonyl (C=O) groups is 3. The van der Waals surface area contributed by atoms with Gasteiger partial charge >= 0.3 is 12.0 Å². The first kappa shape index (κ1) is 17.8. The molecule has 0 fully saturated rings. The van der Waals surface area contributed by atoms with Crippen LogP contribution in [-0.4, -0.2) is 43.5 Å². The van der Waals surface area contributed by atoms with Crippen LogP contribution < -0.4 is 11.1 Å². The number of esters is 1. The van der Waals surface area contributed by atoms with Crippen molar-refractivity contribution in [2.75, 3.05) is 20.7 Å². The smallest absolute Gasteiger partial charge is 0.312 e. The van der Waals surface area contributed by atoms with Gasteiger partial charge in [-0.15, -0.1) is 0 Å². The van der Waals surface area contributed by atoms with Crippen LogP contribution in [0.3, 0.4) is 0 Å². The van der Waals surface area contributed by atoms with E-state index in [1.54, 1.807) is 38.4 Å². The third kappa shape index (κ3) is 6.01. The number of rotatable bonds is 6. The molecule has 22 heavy (non-hydrogen) atoms. The number of likely N-dealkylation sites (N-methyl/N-ethyl adjacent to an activating group) is 1. The lowest BCUT2D eigenvalue weighted by Gasteiger charge is -2.17. The Bertz CT molecular complexity index is 546. The monoisotopic (exact) mass is 327 g/mol. The van der Waals surface area contributed by atoms with Gasteiger partial charge in [0.15, 0.2) is 6.61 Å². The minimum atomic E-state index is -0.767. The van der Waals surface area contributed by atoms with Gasteiger partial charge in [0, 0.05) is 19.1 Å². The lowest BCUT2D eigenvalue weighted by Crippen LogP contribution is -2.35. The van der Waals surface area contributed by atoms with Crippen LogP contribution in [0.4, 0.5) is 4.79 Å². The molecule has 0 aliphatic carbocycles. The number of hydrogen-bond donors (Lipinski definition) is 2. The second-order valence-electron chi connectivity index (χ2n) is 4.77. The van der Waals surface area contributed by atoms with Gasteiger partial charge in [-0.3, -0.25) is 9.59 Å². The van der Waals surface area contributed by atoms with E-state index in [0.29, 0.717) is 10.6 Å². The summed E-state index contributed by atoms with van der Waals surface area (Å²) in [6.07, 6.45) is -0.148. The fourth-order valence-electron chi connectivity index (χ4n) is 1.62. The summed E-state index contributed by atoms with van der Waals surface area (Å²) in [6.45, 7) is -0.351. The minimum Gasteiger partial charge on any atom is -0.455 e. The van der Waals surface area contributed by atoms with Crippen LogP contribution in [0.2, 0.25) is 5.02 Å². The molecule has 1 aromatic rings. The predicted molar refractivity (Wildman–Crippen MR) is 81.2 cm³/mol. The quantitative estimate of drug-likeness (QED) is 0.763. The highest BCUT2D eigenvalue weighted by molar-refractivity contribution is 6.30. The van der Waals surface area contributed by atoms with E-state index in [1.165, 1.54) is 4.90 Å². The molecule has 8 heteroatoms. The van der Waals surface area contributed by atoms with Crippen molar-refractivity contribution in [1.82, 2.24) is 10.2 Å². The van der Waals surface area contributed by atoms with Crippen LogP contribution >= 0.6 is 11.6 Å². The molecule has 1 aromatic carbocycles. The fourth-order valence-corrected chi connectivity index (χ4v) is 1.74. The molecular formula is C14H18ClN3O4. The van der Waals surface area contributed by atoms with Gasteiger partial charge in [-0.05, 0) is 17.7 Å². The largest absolute Gasteiger partial charge is 0.455 e. The molecule has 7 nitrogen and oxygen atoms in total. The molecule has 1 rings (SSSR count). The van der Waals surface area contributed by atoms with E-state index in [4.69, 9.17) is 22.1 Å². The SMILES string of the molecule is CN(C)C(=O)COC(=O)C[C@@H](NC(N)=O)c1ccc(Cl)cc1. The topological polar surface area (TPSA) is 102 Å². The predicted octanol–water partition coefficient (Wildman–Crippen LogP) is 1.07. The molecule has 0 saturated carbocycles. The second kappa shape index (κ2) is 8.23. The Morgan fingerprint density at radius 2 is 1.86 bits per heavy atom. The van der Waals surface area contributed by atoms with Crippen molar-refractivity contribution in [2.45, 2.75) is 12.5 Å². The lowest BCUT2D eigenvalue weighted by molar-refractivity contribution is -0.151. The fraction of sp³-hybridized carbons (Fsp3) is 0.357. The first-order chi connectivity index (χ1) is 10.3. The van der Waals surface area contributed by atoms with Gasteiger partial charge < -0.3 is 20.7 Å². The molecular weight excluding hydrogens is 310 g/mol. The molecule has 0 aliphatic heterocycles. The number of halogens is 1. The highest BCUT2D eigenvalue weighted by Crippen LogP contribution is 2.19. The summed E-state index contributed by atoms with van der Waals surface area (Å²) in [6, 6.07) is 5.18. The van der Waals surface area contributed by atoms with Crippen molar-refractivity contribution in [3.05, 3.63) is 34.9 Å². The standard InChI is InChI=1S/C14H18ClN3O4/c1-18(2)12(19)8-22-13(20)7-11(17-14(16)21)9-3-5-10(15)6-4-9/h3-6,11H,7-8H2,1-2H3,(H3,16,17,21)/t11-/m1/s1. The number of carbonyl (C=O) groups excluding carboxylic acids is 3. The summed E-state index contributed by atoms with van der Waals surface area (Å²) < 4.78 is 4.87. The third-order valence-electron chi connectivity index (χ3n) is 2.82. The van der Waals surface area contributed by atoms with Gasteiger partial charge in [-0.25, -0.2) is 4.79 Å². The van der Waals surface area contributed by atoms with E-state index < -0.39 is 18.0 Å². The minimum absolute atomic E-state index is 0.148. The molecule has 0 heterocycles. The van der Waals surface area contributed by atoms with Gasteiger partial charge in [0.05, 0.1) is 12.5 Å². The Kier molecular flexibility index (Phi) is 6.65. The molecule has 0 saturated heterocycles. The maximum Gasteiger partial charge on any atom is 0.312 e. The number of primary amides is 1. The van der Waals surface area contributed by atoms with E-state index in [1.807, 2.05) is 0 Å². The van der Waals surface area contributed by atoms with Crippen molar-refractivity contribution in [2.24, 2.45) is 5.73 Å². The van der Waals surface area contributed by atoms with Gasteiger partial charge in [0.1, 0.15) is 0 Å². The molecule has 0 aliphatic rings. The first-order valence-electron chi connectivity index (χ1n) is 6.46. The van der Waals surface area contributed by atoms with E-state index in [0.717, 1.165) is 0 Å². The molecule has 0 aromatic heterocycles. The van der Waals surface area contributed by atoms with Crippen LogP contribution in [0, 0.1) is 0 Å². The first-order valence-corrected chi connectivity index (χ1v) is 6.84. The third-order valence-corrected chi connectivity index (χ3v) is 3.07. The van der Waals surface area contributed by atoms with Crippen LogP contribution in [0.1, 0.15) is 18.0 Å². The van der Waals surface area contributed by atoms with Gasteiger partial charge in [0.2, 0.25) is 0 Å². The lowest BCUT2D eigenvalue weighted by atomic mass is 10.0. The number of urea groups is 1. The summed E-state index contributed by atoms with van der Waals surface area (Å²) in [4.78, 5) is 35.5. The summed E-state index contributed by atoms with van der Waals surface area (Å²) >= 11 is 5.80. The second-order valence-corrected chi connectivity index (χ2v) is 5.20. The van der Waals surface area contributed by atoms with Gasteiger partial charge in [-0.2, -0.15) is 0 Å². The van der Waals surface area contributed by atoms with E-state index in [9.17, 15) is 14.4 Å². The number of hydrogen-bond acceptors (Lipinski definition) is 4. The van der Waals surface area contributed by atoms with Gasteiger partial charge in [-0.1, -0.05) is 23.7 Å². The Morgan fingerprint density at radius 3 is 2.36 bits per heavy atom. The van der Waals surface area contributed by atoms with Crippen LogP contribution in [0.5, 0.6) is 0 Å². The number of ether oxygens (including phenoxy) is 1. The number of nitrogens with zero attached hydrogens (tertiary/aromatic N) is 1. The van der Waals surface area contributed by atoms with Crippen LogP contribution in [-0.2, 0) is 14.3 Å². The summed E-state index contributed by atoms with van der Waals surface area (Å²) in [5, 5.41) is 2.98. The Hall–Kier alpha value is -2.28. The summed E-state index contributed by atoms with van der Waals surface area (Å²) in [5.74, 6) is -0.955. The Balaban J connectivity index is 2.69. The van der Waals surface area contributed by atoms with Crippen LogP contribution in [0.15, 0.2) is 24.3 Å². The Morgan fingerprint density at radius 1 is 1.27 bits per heavy atom. The van der Waals surface area contributed by atoms with E-state index in [2.05, 4.69) is 5.32 Å². The highest BCUT2D eigenvalue weighted by atomic mass is 35.5. The molecule has 0 radical (unpaired) electrons. The number of nitrogens with two attached hydrogens (primary N) is 1. The van der Waals surface area contributed by atoms with E-state index >= 15 is 0 Å². The number of benzene rings is 1. The van der Waals surface area contributed by atoms with E-state index in [-0.39, 0.29) is 18.9 Å². The number of nitrogens with one attached hydrogen (secondary N) is 1. The van der Waals surface area contributed by atoms with Crippen molar-refractivity contribution >= 4 is 29.5 Å². The normalized spacial score (nSPS) is 11.4. The molecule has 3 N–H and O–H groups in total. The molecule has 0 spiro atoms.